The average molecular weight is 354 g/mol. The fourth-order valence-electron chi connectivity index (χ4n) is 3.21. The lowest BCUT2D eigenvalue weighted by Crippen LogP contribution is -2.40. The summed E-state index contributed by atoms with van der Waals surface area (Å²) in [6.07, 6.45) is 0.0952. The first-order chi connectivity index (χ1) is 12.6. The third-order valence-corrected chi connectivity index (χ3v) is 4.60. The summed E-state index contributed by atoms with van der Waals surface area (Å²) in [6, 6.07) is 15.5. The van der Waals surface area contributed by atoms with Crippen molar-refractivity contribution in [1.82, 2.24) is 10.2 Å². The summed E-state index contributed by atoms with van der Waals surface area (Å²) in [5.41, 5.74) is 1.65. The molecule has 1 aliphatic rings. The molecule has 0 aromatic heterocycles. The smallest absolute Gasteiger partial charge is 0.336 e. The standard InChI is InChI=1S/C20H22N2O4/c23-16-10-11-22(13-16)19(24)18(14-6-2-1-3-7-14)21-12-15-8-4-5-9-17(15)20(25)26/h1-9,16,18,21,23H,10-13H2,(H,25,26). The molecule has 1 heterocycles. The summed E-state index contributed by atoms with van der Waals surface area (Å²) >= 11 is 0. The Morgan fingerprint density at radius 1 is 1.12 bits per heavy atom. The van der Waals surface area contributed by atoms with Gasteiger partial charge in [-0.15, -0.1) is 0 Å². The second kappa shape index (κ2) is 8.12. The van der Waals surface area contributed by atoms with Gasteiger partial charge in [-0.1, -0.05) is 48.5 Å². The summed E-state index contributed by atoms with van der Waals surface area (Å²) in [5, 5.41) is 22.3. The SMILES string of the molecule is O=C(O)c1ccccc1CNC(C(=O)N1CCC(O)C1)c1ccccc1. The van der Waals surface area contributed by atoms with Crippen LogP contribution in [-0.2, 0) is 11.3 Å². The fourth-order valence-corrected chi connectivity index (χ4v) is 3.21. The molecule has 6 heteroatoms. The number of nitrogens with one attached hydrogen (secondary N) is 1. The highest BCUT2D eigenvalue weighted by molar-refractivity contribution is 5.89. The van der Waals surface area contributed by atoms with Gasteiger partial charge in [0.2, 0.25) is 5.91 Å². The molecule has 26 heavy (non-hydrogen) atoms. The van der Waals surface area contributed by atoms with Crippen LogP contribution in [0.15, 0.2) is 54.6 Å². The van der Waals surface area contributed by atoms with Crippen LogP contribution in [0.25, 0.3) is 0 Å². The number of carboxylic acids is 1. The van der Waals surface area contributed by atoms with E-state index in [9.17, 15) is 19.8 Å². The molecule has 3 N–H and O–H groups in total. The van der Waals surface area contributed by atoms with E-state index in [4.69, 9.17) is 0 Å². The lowest BCUT2D eigenvalue weighted by Gasteiger charge is -2.25. The number of aliphatic hydroxyl groups is 1. The molecule has 2 atom stereocenters. The Hall–Kier alpha value is -2.70. The zero-order chi connectivity index (χ0) is 18.5. The minimum atomic E-state index is -0.993. The molecule has 2 unspecified atom stereocenters. The summed E-state index contributed by atoms with van der Waals surface area (Å²) in [4.78, 5) is 26.0. The maximum atomic E-state index is 13.0. The number of carbonyl (C=O) groups is 2. The van der Waals surface area contributed by atoms with E-state index < -0.39 is 18.1 Å². The van der Waals surface area contributed by atoms with Gasteiger partial charge in [-0.05, 0) is 23.6 Å². The van der Waals surface area contributed by atoms with Gasteiger partial charge in [0.15, 0.2) is 0 Å². The summed E-state index contributed by atoms with van der Waals surface area (Å²) in [7, 11) is 0. The van der Waals surface area contributed by atoms with E-state index in [0.717, 1.165) is 5.56 Å². The number of aliphatic hydroxyl groups excluding tert-OH is 1. The number of nitrogens with zero attached hydrogens (tertiary/aromatic N) is 1. The molecule has 3 rings (SSSR count). The second-order valence-corrected chi connectivity index (χ2v) is 6.41. The Labute approximate surface area is 152 Å². The molecular formula is C20H22N2O4. The Morgan fingerprint density at radius 3 is 2.46 bits per heavy atom. The monoisotopic (exact) mass is 354 g/mol. The van der Waals surface area contributed by atoms with Crippen molar-refractivity contribution in [3.63, 3.8) is 0 Å². The highest BCUT2D eigenvalue weighted by Crippen LogP contribution is 2.21. The number of rotatable bonds is 6. The van der Waals surface area contributed by atoms with Gasteiger partial charge >= 0.3 is 5.97 Å². The van der Waals surface area contributed by atoms with Crippen molar-refractivity contribution in [2.24, 2.45) is 0 Å². The summed E-state index contributed by atoms with van der Waals surface area (Å²) in [6.45, 7) is 1.11. The van der Waals surface area contributed by atoms with Gasteiger partial charge in [0.05, 0.1) is 11.7 Å². The summed E-state index contributed by atoms with van der Waals surface area (Å²) in [5.74, 6) is -1.10. The molecular weight excluding hydrogens is 332 g/mol. The number of hydrogen-bond acceptors (Lipinski definition) is 4. The van der Waals surface area contributed by atoms with E-state index in [1.165, 1.54) is 0 Å². The number of β-amino-alcohol motifs (C(OH)–C–C–N with tert-alkyl or cyclic N) is 1. The molecule has 0 saturated carbocycles. The van der Waals surface area contributed by atoms with Crippen LogP contribution in [0.3, 0.4) is 0 Å². The predicted molar refractivity (Wildman–Crippen MR) is 96.6 cm³/mol. The van der Waals surface area contributed by atoms with Gasteiger partial charge in [-0.25, -0.2) is 4.79 Å². The Bertz CT molecular complexity index is 778. The first kappa shape index (κ1) is 18.1. The topological polar surface area (TPSA) is 89.9 Å². The normalized spacial score (nSPS) is 17.9. The van der Waals surface area contributed by atoms with Crippen molar-refractivity contribution >= 4 is 11.9 Å². The van der Waals surface area contributed by atoms with E-state index >= 15 is 0 Å². The van der Waals surface area contributed by atoms with Crippen LogP contribution in [0.4, 0.5) is 0 Å². The number of carboxylic acid groups (broad SMARTS) is 1. The van der Waals surface area contributed by atoms with Crippen molar-refractivity contribution in [2.45, 2.75) is 25.1 Å². The molecule has 0 radical (unpaired) electrons. The zero-order valence-corrected chi connectivity index (χ0v) is 14.3. The number of aromatic carboxylic acids is 1. The quantitative estimate of drug-likeness (QED) is 0.736. The largest absolute Gasteiger partial charge is 0.478 e. The predicted octanol–water partition coefficient (Wildman–Crippen LogP) is 1.81. The number of benzene rings is 2. The molecule has 6 nitrogen and oxygen atoms in total. The molecule has 0 bridgehead atoms. The van der Waals surface area contributed by atoms with Crippen LogP contribution >= 0.6 is 0 Å². The van der Waals surface area contributed by atoms with Crippen LogP contribution in [-0.4, -0.2) is 46.2 Å². The van der Waals surface area contributed by atoms with Crippen LogP contribution in [0.1, 0.15) is 33.9 Å². The number of hydrogen-bond donors (Lipinski definition) is 3. The van der Waals surface area contributed by atoms with Gasteiger partial charge in [0, 0.05) is 19.6 Å². The van der Waals surface area contributed by atoms with Gasteiger partial charge in [-0.2, -0.15) is 0 Å². The van der Waals surface area contributed by atoms with E-state index in [2.05, 4.69) is 5.32 Å². The third kappa shape index (κ3) is 4.09. The van der Waals surface area contributed by atoms with Crippen molar-refractivity contribution in [3.05, 3.63) is 71.3 Å². The maximum Gasteiger partial charge on any atom is 0.336 e. The first-order valence-electron chi connectivity index (χ1n) is 8.62. The van der Waals surface area contributed by atoms with Gasteiger partial charge < -0.3 is 15.1 Å². The second-order valence-electron chi connectivity index (χ2n) is 6.41. The Kier molecular flexibility index (Phi) is 5.65. The number of amides is 1. The molecule has 1 aliphatic heterocycles. The Balaban J connectivity index is 1.81. The van der Waals surface area contributed by atoms with Crippen molar-refractivity contribution in [3.8, 4) is 0 Å². The highest BCUT2D eigenvalue weighted by Gasteiger charge is 2.30. The van der Waals surface area contributed by atoms with Crippen LogP contribution in [0, 0.1) is 0 Å². The molecule has 0 spiro atoms. The van der Waals surface area contributed by atoms with Crippen molar-refractivity contribution < 1.29 is 19.8 Å². The average Bonchev–Trinajstić information content (AvgIpc) is 3.09. The first-order valence-corrected chi connectivity index (χ1v) is 8.62. The van der Waals surface area contributed by atoms with Crippen LogP contribution < -0.4 is 5.32 Å². The number of likely N-dealkylation sites (tertiary alicyclic amines) is 1. The molecule has 1 saturated heterocycles. The van der Waals surface area contributed by atoms with E-state index in [1.54, 1.807) is 29.2 Å². The Morgan fingerprint density at radius 2 is 1.81 bits per heavy atom. The zero-order valence-electron chi connectivity index (χ0n) is 14.3. The lowest BCUT2D eigenvalue weighted by molar-refractivity contribution is -0.133. The summed E-state index contributed by atoms with van der Waals surface area (Å²) < 4.78 is 0. The van der Waals surface area contributed by atoms with Crippen LogP contribution in [0.2, 0.25) is 0 Å². The van der Waals surface area contributed by atoms with Gasteiger partial charge in [0.1, 0.15) is 6.04 Å². The minimum absolute atomic E-state index is 0.111. The van der Waals surface area contributed by atoms with Gasteiger partial charge in [-0.3, -0.25) is 10.1 Å². The van der Waals surface area contributed by atoms with Gasteiger partial charge in [0.25, 0.3) is 0 Å². The molecule has 1 fully saturated rings. The molecule has 0 aliphatic carbocycles. The maximum absolute atomic E-state index is 13.0. The highest BCUT2D eigenvalue weighted by atomic mass is 16.4. The molecule has 1 amide bonds. The number of carbonyl (C=O) groups excluding carboxylic acids is 1. The van der Waals surface area contributed by atoms with E-state index in [-0.39, 0.29) is 18.0 Å². The van der Waals surface area contributed by atoms with Crippen LogP contribution in [0.5, 0.6) is 0 Å². The molecule has 2 aromatic carbocycles. The molecule has 2 aromatic rings. The van der Waals surface area contributed by atoms with Crippen molar-refractivity contribution in [1.29, 1.82) is 0 Å². The van der Waals surface area contributed by atoms with E-state index in [0.29, 0.717) is 25.1 Å². The lowest BCUT2D eigenvalue weighted by atomic mass is 10.0. The van der Waals surface area contributed by atoms with Crippen molar-refractivity contribution in [2.75, 3.05) is 13.1 Å². The minimum Gasteiger partial charge on any atom is -0.478 e. The fraction of sp³-hybridized carbons (Fsp3) is 0.300. The molecule has 136 valence electrons. The third-order valence-electron chi connectivity index (χ3n) is 4.60. The van der Waals surface area contributed by atoms with E-state index in [1.807, 2.05) is 30.3 Å².